The zero-order valence-electron chi connectivity index (χ0n) is 21.0. The smallest absolute Gasteiger partial charge is 0.257 e. The van der Waals surface area contributed by atoms with Gasteiger partial charge in [0.2, 0.25) is 5.91 Å². The number of halogens is 2. The van der Waals surface area contributed by atoms with Gasteiger partial charge in [-0.05, 0) is 50.5 Å². The van der Waals surface area contributed by atoms with Crippen molar-refractivity contribution in [2.75, 3.05) is 38.2 Å². The molecule has 0 unspecified atom stereocenters. The fourth-order valence-electron chi connectivity index (χ4n) is 4.50. The summed E-state index contributed by atoms with van der Waals surface area (Å²) in [5, 5.41) is 0. The monoisotopic (exact) mass is 487 g/mol. The van der Waals surface area contributed by atoms with E-state index in [4.69, 9.17) is 4.74 Å². The predicted molar refractivity (Wildman–Crippen MR) is 133 cm³/mol. The highest BCUT2D eigenvalue weighted by Crippen LogP contribution is 2.29. The number of para-hydroxylation sites is 1. The third kappa shape index (κ3) is 6.36. The molecule has 0 bridgehead atoms. The molecule has 0 radical (unpaired) electrons. The van der Waals surface area contributed by atoms with Gasteiger partial charge in [-0.3, -0.25) is 9.59 Å². The molecule has 3 rings (SSSR count). The highest BCUT2D eigenvalue weighted by molar-refractivity contribution is 5.97. The molecule has 1 aliphatic rings. The molecule has 35 heavy (non-hydrogen) atoms. The van der Waals surface area contributed by atoms with Crippen molar-refractivity contribution in [3.8, 4) is 5.75 Å². The first kappa shape index (κ1) is 26.6. The highest BCUT2D eigenvalue weighted by atomic mass is 19.2. The lowest BCUT2D eigenvalue weighted by molar-refractivity contribution is -0.118. The van der Waals surface area contributed by atoms with E-state index in [0.717, 1.165) is 31.6 Å². The highest BCUT2D eigenvalue weighted by Gasteiger charge is 2.26. The quantitative estimate of drug-likeness (QED) is 0.618. The van der Waals surface area contributed by atoms with E-state index in [2.05, 4.69) is 18.7 Å². The summed E-state index contributed by atoms with van der Waals surface area (Å²) in [6.45, 7) is 8.35. The van der Waals surface area contributed by atoms with E-state index in [1.54, 1.807) is 36.1 Å². The van der Waals surface area contributed by atoms with Crippen LogP contribution in [0.3, 0.4) is 0 Å². The molecule has 0 fully saturated rings. The second-order valence-electron chi connectivity index (χ2n) is 9.06. The number of anilines is 1. The van der Waals surface area contributed by atoms with E-state index < -0.39 is 11.6 Å². The Morgan fingerprint density at radius 2 is 1.66 bits per heavy atom. The van der Waals surface area contributed by atoms with Crippen LogP contribution in [-0.4, -0.2) is 60.9 Å². The minimum Gasteiger partial charge on any atom is -0.496 e. The molecule has 2 amide bonds. The zero-order chi connectivity index (χ0) is 25.5. The topological polar surface area (TPSA) is 53.1 Å². The molecule has 0 saturated heterocycles. The van der Waals surface area contributed by atoms with Gasteiger partial charge in [0.15, 0.2) is 11.6 Å². The van der Waals surface area contributed by atoms with Crippen LogP contribution >= 0.6 is 0 Å². The average Bonchev–Trinajstić information content (AvgIpc) is 2.85. The van der Waals surface area contributed by atoms with E-state index in [9.17, 15) is 18.4 Å². The number of methoxy groups -OCH3 is 1. The minimum atomic E-state index is -1.02. The van der Waals surface area contributed by atoms with Gasteiger partial charge < -0.3 is 19.4 Å². The molecular weight excluding hydrogens is 452 g/mol. The molecule has 0 aromatic heterocycles. The van der Waals surface area contributed by atoms with Crippen molar-refractivity contribution < 1.29 is 23.1 Å². The molecule has 0 spiro atoms. The largest absolute Gasteiger partial charge is 0.496 e. The van der Waals surface area contributed by atoms with Crippen LogP contribution in [0.2, 0.25) is 0 Å². The van der Waals surface area contributed by atoms with E-state index in [-0.39, 0.29) is 24.8 Å². The van der Waals surface area contributed by atoms with Crippen LogP contribution in [0.5, 0.6) is 5.75 Å². The zero-order valence-corrected chi connectivity index (χ0v) is 21.0. The van der Waals surface area contributed by atoms with Crippen molar-refractivity contribution in [2.45, 2.75) is 52.6 Å². The Hall–Kier alpha value is -3.00. The number of amides is 2. The van der Waals surface area contributed by atoms with Crippen LogP contribution in [0.15, 0.2) is 36.4 Å². The Kier molecular flexibility index (Phi) is 9.20. The van der Waals surface area contributed by atoms with Crippen molar-refractivity contribution in [3.05, 3.63) is 59.2 Å². The third-order valence-corrected chi connectivity index (χ3v) is 6.43. The molecule has 8 heteroatoms. The fraction of sp³-hybridized carbons (Fsp3) is 0.481. The van der Waals surface area contributed by atoms with Gasteiger partial charge in [-0.1, -0.05) is 19.1 Å². The molecule has 1 aliphatic heterocycles. The summed E-state index contributed by atoms with van der Waals surface area (Å²) in [5.41, 5.74) is 1.11. The van der Waals surface area contributed by atoms with Crippen molar-refractivity contribution in [1.29, 1.82) is 0 Å². The molecule has 0 N–H and O–H groups in total. The second kappa shape index (κ2) is 12.1. The van der Waals surface area contributed by atoms with Gasteiger partial charge in [0.05, 0.1) is 18.4 Å². The van der Waals surface area contributed by atoms with E-state index in [1.807, 2.05) is 0 Å². The maximum atomic E-state index is 14.4. The van der Waals surface area contributed by atoms with Gasteiger partial charge in [0.25, 0.3) is 5.91 Å². The lowest BCUT2D eigenvalue weighted by Gasteiger charge is -2.33. The third-order valence-electron chi connectivity index (χ3n) is 6.43. The van der Waals surface area contributed by atoms with E-state index in [1.165, 1.54) is 12.0 Å². The molecule has 2 aromatic carbocycles. The van der Waals surface area contributed by atoms with Gasteiger partial charge in [-0.2, -0.15) is 0 Å². The lowest BCUT2D eigenvalue weighted by atomic mass is 10.1. The number of rotatable bonds is 4. The Balaban J connectivity index is 2.08. The summed E-state index contributed by atoms with van der Waals surface area (Å²) in [6, 6.07) is 9.44. The fourth-order valence-corrected chi connectivity index (χ4v) is 4.50. The summed E-state index contributed by atoms with van der Waals surface area (Å²) in [5.74, 6) is -2.01. The molecule has 190 valence electrons. The number of hydrogen-bond acceptors (Lipinski definition) is 4. The first-order valence-electron chi connectivity index (χ1n) is 12.2. The number of carbonyl (C=O) groups excluding carboxylic acids is 2. The lowest BCUT2D eigenvalue weighted by Crippen LogP contribution is -2.40. The number of benzene rings is 2. The first-order valence-corrected chi connectivity index (χ1v) is 12.2. The number of ether oxygens (including phenoxy) is 1. The van der Waals surface area contributed by atoms with E-state index >= 15 is 0 Å². The van der Waals surface area contributed by atoms with Crippen LogP contribution in [0.1, 0.15) is 56.0 Å². The average molecular weight is 488 g/mol. The standard InChI is InChI=1S/C27H35F2N3O3/c1-5-26(33)32-15-9-13-30(19(2)3)12-8-14-31(18-20-16-22(28)23(29)17-24(20)32)27(34)21-10-6-7-11-25(21)35-4/h6-7,10-11,16-17,19H,5,8-9,12-15,18H2,1-4H3. The molecule has 0 aliphatic carbocycles. The number of fused-ring (bicyclic) bond motifs is 1. The summed E-state index contributed by atoms with van der Waals surface area (Å²) >= 11 is 0. The molecule has 0 saturated carbocycles. The molecule has 6 nitrogen and oxygen atoms in total. The van der Waals surface area contributed by atoms with Crippen LogP contribution < -0.4 is 9.64 Å². The number of hydrogen-bond donors (Lipinski definition) is 0. The SMILES string of the molecule is CCC(=O)N1CCCN(C(C)C)CCCN(C(=O)c2ccccc2OC)Cc2cc(F)c(F)cc21. The summed E-state index contributed by atoms with van der Waals surface area (Å²) < 4.78 is 34.1. The minimum absolute atomic E-state index is 0.0403. The molecular formula is C27H35F2N3O3. The Labute approximate surface area is 206 Å². The van der Waals surface area contributed by atoms with Gasteiger partial charge in [-0.15, -0.1) is 0 Å². The van der Waals surface area contributed by atoms with Crippen molar-refractivity contribution in [1.82, 2.24) is 9.80 Å². The first-order chi connectivity index (χ1) is 16.8. The maximum absolute atomic E-state index is 14.4. The van der Waals surface area contributed by atoms with Gasteiger partial charge in [0.1, 0.15) is 5.75 Å². The molecule has 0 atom stereocenters. The van der Waals surface area contributed by atoms with Crippen molar-refractivity contribution in [3.63, 3.8) is 0 Å². The van der Waals surface area contributed by atoms with Gasteiger partial charge in [-0.25, -0.2) is 8.78 Å². The Morgan fingerprint density at radius 3 is 2.31 bits per heavy atom. The van der Waals surface area contributed by atoms with E-state index in [0.29, 0.717) is 48.1 Å². The molecule has 1 heterocycles. The van der Waals surface area contributed by atoms with Crippen molar-refractivity contribution in [2.24, 2.45) is 0 Å². The normalized spacial score (nSPS) is 15.9. The number of carbonyl (C=O) groups is 2. The Bertz CT molecular complexity index is 1040. The molecule has 2 aromatic rings. The van der Waals surface area contributed by atoms with Gasteiger partial charge >= 0.3 is 0 Å². The van der Waals surface area contributed by atoms with Crippen LogP contribution in [0.4, 0.5) is 14.5 Å². The predicted octanol–water partition coefficient (Wildman–Crippen LogP) is 4.86. The van der Waals surface area contributed by atoms with Crippen LogP contribution in [-0.2, 0) is 11.3 Å². The maximum Gasteiger partial charge on any atom is 0.257 e. The summed E-state index contributed by atoms with van der Waals surface area (Å²) in [4.78, 5) is 32.0. The number of nitrogens with zero attached hydrogens (tertiary/aromatic N) is 3. The van der Waals surface area contributed by atoms with Gasteiger partial charge in [0, 0.05) is 51.3 Å². The van der Waals surface area contributed by atoms with Crippen LogP contribution in [0.25, 0.3) is 0 Å². The second-order valence-corrected chi connectivity index (χ2v) is 9.06. The Morgan fingerprint density at radius 1 is 1.00 bits per heavy atom. The van der Waals surface area contributed by atoms with Crippen molar-refractivity contribution >= 4 is 17.5 Å². The summed E-state index contributed by atoms with van der Waals surface area (Å²) in [6.07, 6.45) is 1.65. The van der Waals surface area contributed by atoms with Crippen LogP contribution in [0, 0.1) is 11.6 Å². The summed E-state index contributed by atoms with van der Waals surface area (Å²) in [7, 11) is 1.50.